The molecule has 10 nitrogen and oxygen atoms in total. The summed E-state index contributed by atoms with van der Waals surface area (Å²) in [6, 6.07) is 5.42. The lowest BCUT2D eigenvalue weighted by molar-refractivity contribution is -0.247. The molecule has 37 heavy (non-hydrogen) atoms. The summed E-state index contributed by atoms with van der Waals surface area (Å²) in [6.45, 7) is 3.20. The maximum atomic E-state index is 13.4. The van der Waals surface area contributed by atoms with Crippen LogP contribution in [0.2, 0.25) is 0 Å². The summed E-state index contributed by atoms with van der Waals surface area (Å²) in [5.74, 6) is -2.95. The molecule has 10 heteroatoms. The number of phenolic OH excluding ortho intramolecular Hbond substituents is 2. The van der Waals surface area contributed by atoms with Crippen molar-refractivity contribution >= 4 is 17.3 Å². The van der Waals surface area contributed by atoms with Gasteiger partial charge in [0, 0.05) is 54.0 Å². The van der Waals surface area contributed by atoms with E-state index >= 15 is 0 Å². The van der Waals surface area contributed by atoms with Crippen LogP contribution in [0, 0.1) is 0 Å². The molecule has 5 rings (SSSR count). The van der Waals surface area contributed by atoms with E-state index in [-0.39, 0.29) is 59.1 Å². The zero-order valence-corrected chi connectivity index (χ0v) is 20.4. The van der Waals surface area contributed by atoms with Crippen LogP contribution in [0.3, 0.4) is 0 Å². The van der Waals surface area contributed by atoms with Crippen molar-refractivity contribution in [2.45, 2.75) is 75.8 Å². The molecule has 1 saturated heterocycles. The van der Waals surface area contributed by atoms with Crippen LogP contribution in [0.1, 0.15) is 82.2 Å². The highest BCUT2D eigenvalue weighted by Gasteiger charge is 2.49. The molecule has 3 aliphatic rings. The molecule has 0 saturated carbocycles. The molecule has 1 aliphatic heterocycles. The van der Waals surface area contributed by atoms with Crippen LogP contribution in [0.25, 0.3) is 0 Å². The lowest BCUT2D eigenvalue weighted by Gasteiger charge is -2.42. The second-order valence-corrected chi connectivity index (χ2v) is 10.0. The third-order valence-corrected chi connectivity index (χ3v) is 7.68. The maximum Gasteiger partial charge on any atom is 0.198 e. The monoisotopic (exact) mass is 511 g/mol. The van der Waals surface area contributed by atoms with Gasteiger partial charge >= 0.3 is 0 Å². The van der Waals surface area contributed by atoms with Crippen molar-refractivity contribution in [3.8, 4) is 11.5 Å². The number of aromatic hydroxyl groups is 2. The van der Waals surface area contributed by atoms with Crippen molar-refractivity contribution in [2.75, 3.05) is 0 Å². The average molecular weight is 512 g/mol. The first kappa shape index (κ1) is 25.5. The molecule has 0 radical (unpaired) electrons. The van der Waals surface area contributed by atoms with Gasteiger partial charge in [0.25, 0.3) is 0 Å². The van der Waals surface area contributed by atoms with E-state index in [0.29, 0.717) is 0 Å². The highest BCUT2D eigenvalue weighted by Crippen LogP contribution is 2.52. The highest BCUT2D eigenvalue weighted by atomic mass is 16.7. The van der Waals surface area contributed by atoms with E-state index in [9.17, 15) is 34.8 Å². The summed E-state index contributed by atoms with van der Waals surface area (Å²) in [4.78, 5) is 39.5. The molecule has 196 valence electrons. The first-order valence-corrected chi connectivity index (χ1v) is 12.3. The summed E-state index contributed by atoms with van der Waals surface area (Å²) < 4.78 is 11.8. The van der Waals surface area contributed by atoms with Gasteiger partial charge in [0.1, 0.15) is 17.1 Å². The molecule has 0 unspecified atom stereocenters. The van der Waals surface area contributed by atoms with Crippen LogP contribution in [-0.2, 0) is 20.7 Å². The molecule has 0 amide bonds. The Kier molecular flexibility index (Phi) is 6.20. The summed E-state index contributed by atoms with van der Waals surface area (Å²) >= 11 is 0. The first-order valence-electron chi connectivity index (χ1n) is 12.3. The number of hydrogen-bond donors (Lipinski definition) is 5. The Labute approximate surface area is 212 Å². The van der Waals surface area contributed by atoms with Gasteiger partial charge < -0.3 is 35.6 Å². The summed E-state index contributed by atoms with van der Waals surface area (Å²) in [5, 5.41) is 44.2. The minimum absolute atomic E-state index is 0.00121. The zero-order valence-electron chi connectivity index (χ0n) is 20.4. The minimum Gasteiger partial charge on any atom is -0.507 e. The zero-order chi connectivity index (χ0) is 26.8. The van der Waals surface area contributed by atoms with Gasteiger partial charge in [-0.3, -0.25) is 14.4 Å². The molecule has 1 fully saturated rings. The smallest absolute Gasteiger partial charge is 0.198 e. The summed E-state index contributed by atoms with van der Waals surface area (Å²) in [5.41, 5.74) is 3.44. The predicted octanol–water partition coefficient (Wildman–Crippen LogP) is 1.41. The Morgan fingerprint density at radius 2 is 1.73 bits per heavy atom. The maximum absolute atomic E-state index is 13.4. The van der Waals surface area contributed by atoms with Crippen molar-refractivity contribution in [1.29, 1.82) is 0 Å². The van der Waals surface area contributed by atoms with Gasteiger partial charge in [0.05, 0.1) is 29.4 Å². The fourth-order valence-electron chi connectivity index (χ4n) is 5.70. The Hall–Kier alpha value is -3.15. The molecule has 0 spiro atoms. The molecular weight excluding hydrogens is 482 g/mol. The largest absolute Gasteiger partial charge is 0.507 e. The number of Topliss-reactive ketones (excluding diaryl/α,β-unsaturated/α-hetero) is 1. The second-order valence-electron chi connectivity index (χ2n) is 10.0. The number of aliphatic hydroxyl groups is 2. The molecule has 1 heterocycles. The van der Waals surface area contributed by atoms with E-state index in [0.717, 1.165) is 0 Å². The van der Waals surface area contributed by atoms with E-state index in [1.807, 2.05) is 0 Å². The van der Waals surface area contributed by atoms with Gasteiger partial charge in [-0.1, -0.05) is 31.2 Å². The number of fused-ring (bicyclic) bond motifs is 3. The number of rotatable bonds is 4. The molecule has 6 atom stereocenters. The Bertz CT molecular complexity index is 1310. The van der Waals surface area contributed by atoms with Crippen LogP contribution in [0.4, 0.5) is 0 Å². The number of nitrogens with two attached hydrogens (primary N) is 1. The van der Waals surface area contributed by atoms with E-state index in [2.05, 4.69) is 0 Å². The minimum atomic E-state index is -1.97. The topological polar surface area (TPSA) is 177 Å². The number of ether oxygens (including phenoxy) is 2. The van der Waals surface area contributed by atoms with Gasteiger partial charge in [-0.2, -0.15) is 0 Å². The van der Waals surface area contributed by atoms with Crippen molar-refractivity contribution in [3.63, 3.8) is 0 Å². The van der Waals surface area contributed by atoms with E-state index in [1.54, 1.807) is 26.0 Å². The fourth-order valence-corrected chi connectivity index (χ4v) is 5.70. The van der Waals surface area contributed by atoms with Gasteiger partial charge in [-0.25, -0.2) is 0 Å². The van der Waals surface area contributed by atoms with Crippen molar-refractivity contribution in [2.24, 2.45) is 5.73 Å². The van der Waals surface area contributed by atoms with Gasteiger partial charge in [-0.15, -0.1) is 0 Å². The number of phenols is 2. The molecule has 0 aromatic heterocycles. The summed E-state index contributed by atoms with van der Waals surface area (Å²) in [7, 11) is 0. The van der Waals surface area contributed by atoms with Gasteiger partial charge in [0.15, 0.2) is 23.6 Å². The normalized spacial score (nSPS) is 30.9. The van der Waals surface area contributed by atoms with Gasteiger partial charge in [-0.05, 0) is 6.92 Å². The second kappa shape index (κ2) is 9.00. The lowest BCUT2D eigenvalue weighted by Crippen LogP contribution is -2.52. The molecular formula is C27H29NO9. The van der Waals surface area contributed by atoms with E-state index in [1.165, 1.54) is 12.1 Å². The predicted molar refractivity (Wildman–Crippen MR) is 128 cm³/mol. The first-order chi connectivity index (χ1) is 17.5. The van der Waals surface area contributed by atoms with Crippen LogP contribution < -0.4 is 5.73 Å². The van der Waals surface area contributed by atoms with Crippen LogP contribution in [0.15, 0.2) is 24.3 Å². The van der Waals surface area contributed by atoms with Crippen molar-refractivity contribution in [1.82, 2.24) is 0 Å². The highest BCUT2D eigenvalue weighted by molar-refractivity contribution is 6.30. The summed E-state index contributed by atoms with van der Waals surface area (Å²) in [6.07, 6.45) is -4.36. The molecule has 6 N–H and O–H groups in total. The Morgan fingerprint density at radius 1 is 1.14 bits per heavy atom. The van der Waals surface area contributed by atoms with Crippen LogP contribution in [0.5, 0.6) is 11.5 Å². The van der Waals surface area contributed by atoms with E-state index in [4.69, 9.17) is 15.2 Å². The standard InChI is InChI=1S/C27H29NO9/c1-3-17(29)27(35)9-14-19(16(10-27)37-18-8-15(28)22(30)11(2)36-18)26(34)21-20(25(14)33)23(31)12-6-4-5-7-13(12)24(21)32/h4-7,11,15-16,18,22,30,33-35H,3,8-10,28H2,1-2H3/t11-,15+,16-,18-,22+,27-/m0/s1. The van der Waals surface area contributed by atoms with Gasteiger partial charge in [0.2, 0.25) is 0 Å². The quantitative estimate of drug-likeness (QED) is 0.322. The number of hydrogen-bond acceptors (Lipinski definition) is 10. The molecule has 2 aromatic carbocycles. The van der Waals surface area contributed by atoms with Crippen molar-refractivity contribution < 1.29 is 44.3 Å². The van der Waals surface area contributed by atoms with Crippen LogP contribution in [-0.4, -0.2) is 67.9 Å². The van der Waals surface area contributed by atoms with E-state index < -0.39 is 65.1 Å². The third-order valence-electron chi connectivity index (χ3n) is 7.68. The molecule has 2 aliphatic carbocycles. The number of aliphatic hydroxyl groups excluding tert-OH is 1. The number of carbonyl (C=O) groups excluding carboxylic acids is 3. The molecule has 0 bridgehead atoms. The fraction of sp³-hybridized carbons (Fsp3) is 0.444. The van der Waals surface area contributed by atoms with Crippen LogP contribution >= 0.6 is 0 Å². The Morgan fingerprint density at radius 3 is 2.30 bits per heavy atom. The molecule has 2 aromatic rings. The lowest BCUT2D eigenvalue weighted by atomic mass is 9.71. The number of carbonyl (C=O) groups is 3. The van der Waals surface area contributed by atoms with Crippen molar-refractivity contribution in [3.05, 3.63) is 57.6 Å². The SMILES string of the molecule is CCC(=O)[C@]1(O)Cc2c(O)c3c(c(O)c2[C@@H](O[C@H]2C[C@@H](N)[C@H](O)[C@H](C)O2)C1)C(=O)c1ccccc1C3=O. The average Bonchev–Trinajstić information content (AvgIpc) is 2.87. The Balaban J connectivity index is 1.67. The number of benzene rings is 2. The number of ketones is 3. The third kappa shape index (κ3) is 3.87.